The molecule has 234 valence electrons. The molecule has 0 unspecified atom stereocenters. The molecule has 1 atom stereocenters. The van der Waals surface area contributed by atoms with Gasteiger partial charge in [-0.15, -0.1) is 21.5 Å². The van der Waals surface area contributed by atoms with Crippen molar-refractivity contribution in [2.75, 3.05) is 12.9 Å². The van der Waals surface area contributed by atoms with Crippen molar-refractivity contribution < 1.29 is 14.3 Å². The molecule has 0 saturated carbocycles. The number of carbonyl (C=O) groups is 2. The first-order valence-electron chi connectivity index (χ1n) is 14.9. The Morgan fingerprint density at radius 2 is 1.80 bits per heavy atom. The standard InChI is InChI=1S/C35H34N6O3S2/c1-23-11-12-24(2)29(18-23)40-32(21-36-33(42)19-25-8-5-4-6-9-25)37-38-35(40)46-22-34(43)41-30(26-13-15-27(44-3)16-14-26)20-28(39-41)31-10-7-17-45-31/h4-18,30H,19-22H2,1-3H3,(H,36,42)/t30-/m0/s1. The van der Waals surface area contributed by atoms with Crippen molar-refractivity contribution in [3.8, 4) is 11.4 Å². The van der Waals surface area contributed by atoms with Gasteiger partial charge >= 0.3 is 0 Å². The third-order valence-electron chi connectivity index (χ3n) is 7.75. The number of ether oxygens (including phenoxy) is 1. The van der Waals surface area contributed by atoms with Crippen molar-refractivity contribution in [1.29, 1.82) is 0 Å². The number of benzene rings is 3. The van der Waals surface area contributed by atoms with E-state index in [-0.39, 0.29) is 36.6 Å². The van der Waals surface area contributed by atoms with Crippen molar-refractivity contribution in [3.63, 3.8) is 0 Å². The Kier molecular flexibility index (Phi) is 9.60. The van der Waals surface area contributed by atoms with Crippen LogP contribution in [0.4, 0.5) is 0 Å². The predicted molar refractivity (Wildman–Crippen MR) is 182 cm³/mol. The van der Waals surface area contributed by atoms with Gasteiger partial charge in [0.25, 0.3) is 5.91 Å². The fourth-order valence-electron chi connectivity index (χ4n) is 5.34. The van der Waals surface area contributed by atoms with E-state index in [9.17, 15) is 9.59 Å². The molecular weight excluding hydrogens is 617 g/mol. The molecule has 46 heavy (non-hydrogen) atoms. The Morgan fingerprint density at radius 3 is 2.54 bits per heavy atom. The maximum absolute atomic E-state index is 13.9. The number of aryl methyl sites for hydroxylation is 2. The van der Waals surface area contributed by atoms with Gasteiger partial charge in [0.1, 0.15) is 5.75 Å². The van der Waals surface area contributed by atoms with Crippen LogP contribution in [0.3, 0.4) is 0 Å². The van der Waals surface area contributed by atoms with Crippen LogP contribution < -0.4 is 10.1 Å². The Labute approximate surface area is 276 Å². The molecule has 6 rings (SSSR count). The Hall–Kier alpha value is -4.74. The fraction of sp³-hybridized carbons (Fsp3) is 0.229. The monoisotopic (exact) mass is 650 g/mol. The van der Waals surface area contributed by atoms with Gasteiger partial charge in [-0.2, -0.15) is 5.10 Å². The summed E-state index contributed by atoms with van der Waals surface area (Å²) >= 11 is 2.92. The molecule has 3 aromatic carbocycles. The summed E-state index contributed by atoms with van der Waals surface area (Å²) in [6.45, 7) is 4.25. The second-order valence-electron chi connectivity index (χ2n) is 11.0. The third-order valence-corrected chi connectivity index (χ3v) is 9.59. The maximum Gasteiger partial charge on any atom is 0.253 e. The Bertz CT molecular complexity index is 1850. The van der Waals surface area contributed by atoms with Gasteiger partial charge in [-0.25, -0.2) is 5.01 Å². The average molecular weight is 651 g/mol. The molecule has 1 aliphatic rings. The van der Waals surface area contributed by atoms with E-state index >= 15 is 0 Å². The molecule has 1 N–H and O–H groups in total. The number of nitrogens with zero attached hydrogens (tertiary/aromatic N) is 5. The minimum absolute atomic E-state index is 0.107. The zero-order valence-corrected chi connectivity index (χ0v) is 27.5. The van der Waals surface area contributed by atoms with E-state index < -0.39 is 0 Å². The van der Waals surface area contributed by atoms with Gasteiger partial charge in [-0.05, 0) is 65.7 Å². The van der Waals surface area contributed by atoms with Crippen LogP contribution in [-0.4, -0.2) is 50.2 Å². The number of rotatable bonds is 11. The first kappa shape index (κ1) is 31.3. The quantitative estimate of drug-likeness (QED) is 0.169. The lowest BCUT2D eigenvalue weighted by Crippen LogP contribution is -2.28. The number of nitrogens with one attached hydrogen (secondary N) is 1. The minimum Gasteiger partial charge on any atom is -0.497 e. The van der Waals surface area contributed by atoms with Gasteiger partial charge in [-0.3, -0.25) is 14.2 Å². The van der Waals surface area contributed by atoms with E-state index in [2.05, 4.69) is 27.6 Å². The van der Waals surface area contributed by atoms with Gasteiger partial charge in [0, 0.05) is 6.42 Å². The van der Waals surface area contributed by atoms with Gasteiger partial charge in [0.2, 0.25) is 5.91 Å². The largest absolute Gasteiger partial charge is 0.497 e. The van der Waals surface area contributed by atoms with E-state index in [1.54, 1.807) is 23.5 Å². The molecule has 2 amide bonds. The second kappa shape index (κ2) is 14.1. The van der Waals surface area contributed by atoms with Crippen LogP contribution in [-0.2, 0) is 22.6 Å². The lowest BCUT2D eigenvalue weighted by molar-refractivity contribution is -0.130. The van der Waals surface area contributed by atoms with E-state index in [4.69, 9.17) is 9.84 Å². The van der Waals surface area contributed by atoms with Gasteiger partial charge in [-0.1, -0.05) is 72.4 Å². The van der Waals surface area contributed by atoms with Crippen molar-refractivity contribution in [2.45, 2.75) is 44.4 Å². The van der Waals surface area contributed by atoms with Crippen LogP contribution in [0.2, 0.25) is 0 Å². The summed E-state index contributed by atoms with van der Waals surface area (Å²) in [7, 11) is 1.64. The molecule has 9 nitrogen and oxygen atoms in total. The normalized spacial score (nSPS) is 14.3. The topological polar surface area (TPSA) is 102 Å². The van der Waals surface area contributed by atoms with Crippen LogP contribution in [0.1, 0.15) is 45.4 Å². The summed E-state index contributed by atoms with van der Waals surface area (Å²) in [5.41, 5.74) is 5.82. The molecule has 11 heteroatoms. The van der Waals surface area contributed by atoms with Crippen LogP contribution in [0, 0.1) is 13.8 Å². The predicted octanol–water partition coefficient (Wildman–Crippen LogP) is 6.28. The maximum atomic E-state index is 13.9. The molecule has 0 aliphatic carbocycles. The van der Waals surface area contributed by atoms with Gasteiger partial charge < -0.3 is 10.1 Å². The lowest BCUT2D eigenvalue weighted by Gasteiger charge is -2.22. The van der Waals surface area contributed by atoms with Crippen LogP contribution >= 0.6 is 23.1 Å². The number of hydrogen-bond acceptors (Lipinski definition) is 8. The van der Waals surface area contributed by atoms with Crippen molar-refractivity contribution in [2.24, 2.45) is 5.10 Å². The fourth-order valence-corrected chi connectivity index (χ4v) is 6.88. The number of thiophene rings is 1. The summed E-state index contributed by atoms with van der Waals surface area (Å²) in [5, 5.41) is 20.9. The average Bonchev–Trinajstić information content (AvgIpc) is 3.85. The molecule has 0 spiro atoms. The van der Waals surface area contributed by atoms with E-state index in [1.807, 2.05) is 96.6 Å². The highest BCUT2D eigenvalue weighted by Gasteiger charge is 2.34. The Balaban J connectivity index is 1.23. The van der Waals surface area contributed by atoms with Crippen LogP contribution in [0.25, 0.3) is 5.69 Å². The SMILES string of the molecule is COc1ccc([C@@H]2CC(c3cccs3)=NN2C(=O)CSc2nnc(CNC(=O)Cc3ccccc3)n2-c2cc(C)ccc2C)cc1. The number of carbonyl (C=O) groups excluding carboxylic acids is 2. The Morgan fingerprint density at radius 1 is 1.00 bits per heavy atom. The molecule has 0 bridgehead atoms. The smallest absolute Gasteiger partial charge is 0.253 e. The van der Waals surface area contributed by atoms with E-state index in [0.29, 0.717) is 17.4 Å². The molecule has 0 fully saturated rings. The summed E-state index contributed by atoms with van der Waals surface area (Å²) in [5.74, 6) is 1.21. The minimum atomic E-state index is -0.233. The zero-order chi connectivity index (χ0) is 32.0. The van der Waals surface area contributed by atoms with Crippen LogP contribution in [0.5, 0.6) is 5.75 Å². The lowest BCUT2D eigenvalue weighted by atomic mass is 10.0. The number of thioether (sulfide) groups is 1. The first-order chi connectivity index (χ1) is 22.4. The first-order valence-corrected chi connectivity index (χ1v) is 16.8. The summed E-state index contributed by atoms with van der Waals surface area (Å²) in [4.78, 5) is 27.7. The summed E-state index contributed by atoms with van der Waals surface area (Å²) in [6, 6.07) is 27.4. The number of hydrazone groups is 1. The highest BCUT2D eigenvalue weighted by molar-refractivity contribution is 7.99. The number of amides is 2. The van der Waals surface area contributed by atoms with Crippen molar-refractivity contribution >= 4 is 40.6 Å². The highest BCUT2D eigenvalue weighted by atomic mass is 32.2. The summed E-state index contributed by atoms with van der Waals surface area (Å²) < 4.78 is 7.29. The zero-order valence-electron chi connectivity index (χ0n) is 25.8. The van der Waals surface area contributed by atoms with Gasteiger partial charge in [0.15, 0.2) is 11.0 Å². The van der Waals surface area contributed by atoms with E-state index in [0.717, 1.165) is 44.3 Å². The highest BCUT2D eigenvalue weighted by Crippen LogP contribution is 2.35. The molecule has 1 aliphatic heterocycles. The number of methoxy groups -OCH3 is 1. The molecule has 5 aromatic rings. The molecule has 3 heterocycles. The molecule has 0 radical (unpaired) electrons. The van der Waals surface area contributed by atoms with Crippen molar-refractivity contribution in [1.82, 2.24) is 25.1 Å². The van der Waals surface area contributed by atoms with Crippen LogP contribution in [0.15, 0.2) is 101 Å². The number of hydrogen-bond donors (Lipinski definition) is 1. The summed E-state index contributed by atoms with van der Waals surface area (Å²) in [6.07, 6.45) is 0.891. The molecular formula is C35H34N6O3S2. The molecule has 2 aromatic heterocycles. The van der Waals surface area contributed by atoms with Gasteiger partial charge in [0.05, 0.1) is 48.1 Å². The van der Waals surface area contributed by atoms with E-state index in [1.165, 1.54) is 11.8 Å². The molecule has 0 saturated heterocycles. The number of aromatic nitrogens is 3. The third kappa shape index (κ3) is 7.05. The second-order valence-corrected chi connectivity index (χ2v) is 12.9. The van der Waals surface area contributed by atoms with Crippen molar-refractivity contribution in [3.05, 3.63) is 123 Å².